The normalized spacial score (nSPS) is 25.2. The maximum absolute atomic E-state index is 12.2. The molecule has 5 heteroatoms. The van der Waals surface area contributed by atoms with E-state index in [9.17, 15) is 9.59 Å². The van der Waals surface area contributed by atoms with Gasteiger partial charge in [-0.2, -0.15) is 0 Å². The van der Waals surface area contributed by atoms with E-state index < -0.39 is 0 Å². The first-order valence-corrected chi connectivity index (χ1v) is 7.32. The molecule has 0 bridgehead atoms. The molecule has 1 N–H and O–H groups in total. The van der Waals surface area contributed by atoms with Gasteiger partial charge in [-0.15, -0.1) is 0 Å². The van der Waals surface area contributed by atoms with E-state index in [1.165, 1.54) is 20.0 Å². The van der Waals surface area contributed by atoms with Crippen molar-refractivity contribution in [2.45, 2.75) is 57.0 Å². The number of rotatable bonds is 4. The zero-order chi connectivity index (χ0) is 13.7. The number of hydrogen-bond acceptors (Lipinski definition) is 4. The topological polar surface area (TPSA) is 58.6 Å². The van der Waals surface area contributed by atoms with Crippen LogP contribution in [0.15, 0.2) is 0 Å². The van der Waals surface area contributed by atoms with E-state index in [1.807, 2.05) is 0 Å². The Kier molecular flexibility index (Phi) is 5.19. The van der Waals surface area contributed by atoms with E-state index in [2.05, 4.69) is 10.2 Å². The fourth-order valence-electron chi connectivity index (χ4n) is 3.18. The second-order valence-corrected chi connectivity index (χ2v) is 5.49. The summed E-state index contributed by atoms with van der Waals surface area (Å²) in [6.07, 6.45) is 7.46. The van der Waals surface area contributed by atoms with Crippen molar-refractivity contribution in [3.05, 3.63) is 0 Å². The summed E-state index contributed by atoms with van der Waals surface area (Å²) in [5, 5.41) is 2.96. The molecule has 0 spiro atoms. The molecule has 0 aromatic carbocycles. The van der Waals surface area contributed by atoms with Gasteiger partial charge in [0.15, 0.2) is 0 Å². The number of esters is 1. The fraction of sp³-hybridized carbons (Fsp3) is 0.857. The smallest absolute Gasteiger partial charge is 0.319 e. The van der Waals surface area contributed by atoms with Crippen LogP contribution in [0.5, 0.6) is 0 Å². The summed E-state index contributed by atoms with van der Waals surface area (Å²) < 4.78 is 4.79. The number of carbonyl (C=O) groups is 2. The number of nitrogens with one attached hydrogen (secondary N) is 1. The number of ether oxygens (including phenoxy) is 1. The first-order chi connectivity index (χ1) is 9.22. The summed E-state index contributed by atoms with van der Waals surface area (Å²) in [5.41, 5.74) is 0. The minimum absolute atomic E-state index is 0.0771. The quantitative estimate of drug-likeness (QED) is 0.775. The molecule has 19 heavy (non-hydrogen) atoms. The third kappa shape index (κ3) is 3.69. The average molecular weight is 268 g/mol. The van der Waals surface area contributed by atoms with E-state index >= 15 is 0 Å². The van der Waals surface area contributed by atoms with Gasteiger partial charge in [0.1, 0.15) is 0 Å². The van der Waals surface area contributed by atoms with Crippen LogP contribution in [0.3, 0.4) is 0 Å². The molecule has 0 aromatic heterocycles. The maximum Gasteiger partial charge on any atom is 0.319 e. The van der Waals surface area contributed by atoms with Gasteiger partial charge in [-0.25, -0.2) is 0 Å². The molecule has 1 saturated heterocycles. The van der Waals surface area contributed by atoms with Crippen molar-refractivity contribution in [1.82, 2.24) is 10.2 Å². The Morgan fingerprint density at radius 1 is 1.26 bits per heavy atom. The Balaban J connectivity index is 2.09. The van der Waals surface area contributed by atoms with Gasteiger partial charge < -0.3 is 10.1 Å². The van der Waals surface area contributed by atoms with Crippen LogP contribution in [0, 0.1) is 0 Å². The van der Waals surface area contributed by atoms with E-state index in [0.717, 1.165) is 38.6 Å². The lowest BCUT2D eigenvalue weighted by atomic mass is 10.1. The van der Waals surface area contributed by atoms with Crippen LogP contribution in [-0.4, -0.2) is 49.1 Å². The molecule has 5 nitrogen and oxygen atoms in total. The summed E-state index contributed by atoms with van der Waals surface area (Å²) in [6.45, 7) is 0.991. The summed E-state index contributed by atoms with van der Waals surface area (Å²) in [7, 11) is 1.41. The lowest BCUT2D eigenvalue weighted by molar-refractivity contribution is -0.144. The Bertz CT molecular complexity index is 327. The van der Waals surface area contributed by atoms with Gasteiger partial charge in [0.05, 0.1) is 19.7 Å². The molecule has 1 saturated carbocycles. The minimum Gasteiger partial charge on any atom is -0.468 e. The number of amides is 1. The molecule has 2 fully saturated rings. The van der Waals surface area contributed by atoms with Gasteiger partial charge in [0, 0.05) is 12.6 Å². The van der Waals surface area contributed by atoms with E-state index in [0.29, 0.717) is 6.04 Å². The van der Waals surface area contributed by atoms with Crippen molar-refractivity contribution in [1.29, 1.82) is 0 Å². The Morgan fingerprint density at radius 3 is 2.63 bits per heavy atom. The molecule has 1 unspecified atom stereocenters. The van der Waals surface area contributed by atoms with Crippen LogP contribution >= 0.6 is 0 Å². The zero-order valence-electron chi connectivity index (χ0n) is 11.7. The predicted molar refractivity (Wildman–Crippen MR) is 71.6 cm³/mol. The standard InChI is InChI=1S/C14H24N2O3/c1-19-13(17)10-16(11-6-2-3-7-11)12-8-4-5-9-15-14(12)18/h11-12H,2-10H2,1H3,(H,15,18). The van der Waals surface area contributed by atoms with Gasteiger partial charge in [0.2, 0.25) is 5.91 Å². The molecule has 108 valence electrons. The third-order valence-electron chi connectivity index (χ3n) is 4.24. The second kappa shape index (κ2) is 6.89. The van der Waals surface area contributed by atoms with Gasteiger partial charge in [-0.3, -0.25) is 14.5 Å². The van der Waals surface area contributed by atoms with Crippen LogP contribution in [0.4, 0.5) is 0 Å². The molecule has 1 aliphatic carbocycles. The van der Waals surface area contributed by atoms with Crippen molar-refractivity contribution < 1.29 is 14.3 Å². The number of carbonyl (C=O) groups excluding carboxylic acids is 2. The molecule has 2 aliphatic rings. The minimum atomic E-state index is -0.246. The summed E-state index contributed by atoms with van der Waals surface area (Å²) in [5.74, 6) is -0.169. The molecule has 0 radical (unpaired) electrons. The van der Waals surface area contributed by atoms with Crippen LogP contribution in [0.25, 0.3) is 0 Å². The monoisotopic (exact) mass is 268 g/mol. The first kappa shape index (κ1) is 14.3. The highest BCUT2D eigenvalue weighted by Crippen LogP contribution is 2.27. The SMILES string of the molecule is COC(=O)CN(C1CCCC1)C1CCCCNC1=O. The Labute approximate surface area is 114 Å². The van der Waals surface area contributed by atoms with Crippen LogP contribution in [0.1, 0.15) is 44.9 Å². The zero-order valence-corrected chi connectivity index (χ0v) is 11.7. The molecular weight excluding hydrogens is 244 g/mol. The highest BCUT2D eigenvalue weighted by atomic mass is 16.5. The van der Waals surface area contributed by atoms with Crippen LogP contribution < -0.4 is 5.32 Å². The molecule has 1 amide bonds. The number of nitrogens with zero attached hydrogens (tertiary/aromatic N) is 1. The van der Waals surface area contributed by atoms with E-state index in [4.69, 9.17) is 4.74 Å². The van der Waals surface area contributed by atoms with Crippen molar-refractivity contribution in [3.63, 3.8) is 0 Å². The molecule has 1 heterocycles. The Morgan fingerprint density at radius 2 is 1.95 bits per heavy atom. The maximum atomic E-state index is 12.2. The Hall–Kier alpha value is -1.10. The molecule has 1 aliphatic heterocycles. The average Bonchev–Trinajstić information content (AvgIpc) is 2.86. The molecule has 0 aromatic rings. The number of methoxy groups -OCH3 is 1. The lowest BCUT2D eigenvalue weighted by Gasteiger charge is -2.33. The van der Waals surface area contributed by atoms with Crippen LogP contribution in [0.2, 0.25) is 0 Å². The lowest BCUT2D eigenvalue weighted by Crippen LogP contribution is -2.51. The molecule has 1 atom stereocenters. The van der Waals surface area contributed by atoms with Gasteiger partial charge in [0.25, 0.3) is 0 Å². The summed E-state index contributed by atoms with van der Waals surface area (Å²) in [4.78, 5) is 25.9. The highest BCUT2D eigenvalue weighted by molar-refractivity contribution is 5.83. The van der Waals surface area contributed by atoms with E-state index in [-0.39, 0.29) is 24.5 Å². The molecule has 2 rings (SSSR count). The largest absolute Gasteiger partial charge is 0.468 e. The van der Waals surface area contributed by atoms with Crippen LogP contribution in [-0.2, 0) is 14.3 Å². The van der Waals surface area contributed by atoms with Gasteiger partial charge in [-0.1, -0.05) is 12.8 Å². The summed E-state index contributed by atoms with van der Waals surface area (Å²) in [6, 6.07) is 0.192. The fourth-order valence-corrected chi connectivity index (χ4v) is 3.18. The van der Waals surface area contributed by atoms with Gasteiger partial charge in [-0.05, 0) is 32.1 Å². The van der Waals surface area contributed by atoms with Crippen molar-refractivity contribution in [3.8, 4) is 0 Å². The summed E-state index contributed by atoms with van der Waals surface area (Å²) >= 11 is 0. The predicted octanol–water partition coefficient (Wildman–Crippen LogP) is 1.07. The first-order valence-electron chi connectivity index (χ1n) is 7.32. The van der Waals surface area contributed by atoms with E-state index in [1.54, 1.807) is 0 Å². The van der Waals surface area contributed by atoms with Crippen molar-refractivity contribution in [2.75, 3.05) is 20.2 Å². The van der Waals surface area contributed by atoms with Crippen molar-refractivity contribution >= 4 is 11.9 Å². The van der Waals surface area contributed by atoms with Gasteiger partial charge >= 0.3 is 5.97 Å². The van der Waals surface area contributed by atoms with Crippen molar-refractivity contribution in [2.24, 2.45) is 0 Å². The second-order valence-electron chi connectivity index (χ2n) is 5.49. The third-order valence-corrected chi connectivity index (χ3v) is 4.24. The highest BCUT2D eigenvalue weighted by Gasteiger charge is 2.34. The number of hydrogen-bond donors (Lipinski definition) is 1. The molecular formula is C14H24N2O3.